The third-order valence-electron chi connectivity index (χ3n) is 4.91. The van der Waals surface area contributed by atoms with Gasteiger partial charge in [0.2, 0.25) is 11.9 Å². The van der Waals surface area contributed by atoms with Gasteiger partial charge in [-0.05, 0) is 20.3 Å². The summed E-state index contributed by atoms with van der Waals surface area (Å²) in [6.45, 7) is 6.15. The van der Waals surface area contributed by atoms with Crippen molar-refractivity contribution in [3.05, 3.63) is 37.3 Å². The molecule has 144 valence electrons. The van der Waals surface area contributed by atoms with Crippen LogP contribution in [0.25, 0.3) is 17.3 Å². The molecule has 28 heavy (non-hydrogen) atoms. The van der Waals surface area contributed by atoms with Gasteiger partial charge in [0.25, 0.3) is 0 Å². The quantitative estimate of drug-likeness (QED) is 0.686. The Hall–Kier alpha value is -3.36. The summed E-state index contributed by atoms with van der Waals surface area (Å²) in [6.07, 6.45) is 10.8. The first kappa shape index (κ1) is 18.0. The molecular weight excluding hydrogens is 356 g/mol. The SMILES string of the molecule is CCC1C(=O)N(C)c2cnc(-n3ccnc3-c3cncnc3)nc2N1C(C)C. The molecule has 0 aromatic carbocycles. The Bertz CT molecular complexity index is 1000. The smallest absolute Gasteiger partial charge is 0.249 e. The van der Waals surface area contributed by atoms with Gasteiger partial charge in [-0.3, -0.25) is 9.36 Å². The van der Waals surface area contributed by atoms with Crippen molar-refractivity contribution in [2.24, 2.45) is 0 Å². The minimum atomic E-state index is -0.245. The lowest BCUT2D eigenvalue weighted by Crippen LogP contribution is -2.55. The molecule has 3 aromatic heterocycles. The molecule has 1 aliphatic rings. The molecule has 0 N–H and O–H groups in total. The van der Waals surface area contributed by atoms with Crippen molar-refractivity contribution < 1.29 is 4.79 Å². The van der Waals surface area contributed by atoms with Gasteiger partial charge in [-0.1, -0.05) is 6.92 Å². The Morgan fingerprint density at radius 2 is 1.89 bits per heavy atom. The summed E-state index contributed by atoms with van der Waals surface area (Å²) in [5.74, 6) is 1.95. The molecule has 0 radical (unpaired) electrons. The van der Waals surface area contributed by atoms with Gasteiger partial charge >= 0.3 is 0 Å². The van der Waals surface area contributed by atoms with Gasteiger partial charge in [-0.2, -0.15) is 4.98 Å². The number of imidazole rings is 1. The molecule has 0 fully saturated rings. The number of hydrogen-bond acceptors (Lipinski definition) is 7. The highest BCUT2D eigenvalue weighted by Crippen LogP contribution is 2.36. The summed E-state index contributed by atoms with van der Waals surface area (Å²) in [5, 5.41) is 0. The molecule has 9 heteroatoms. The van der Waals surface area contributed by atoms with Crippen LogP contribution in [0, 0.1) is 0 Å². The number of fused-ring (bicyclic) bond motifs is 1. The van der Waals surface area contributed by atoms with Crippen molar-refractivity contribution in [3.8, 4) is 17.3 Å². The van der Waals surface area contributed by atoms with Crippen molar-refractivity contribution in [3.63, 3.8) is 0 Å². The average molecular weight is 378 g/mol. The van der Waals surface area contributed by atoms with Crippen molar-refractivity contribution in [2.75, 3.05) is 16.8 Å². The van der Waals surface area contributed by atoms with Crippen molar-refractivity contribution in [2.45, 2.75) is 39.3 Å². The van der Waals surface area contributed by atoms with Crippen LogP contribution in [0.4, 0.5) is 11.5 Å². The van der Waals surface area contributed by atoms with E-state index in [0.717, 1.165) is 11.4 Å². The lowest BCUT2D eigenvalue weighted by Gasteiger charge is -2.42. The van der Waals surface area contributed by atoms with Crippen molar-refractivity contribution in [1.82, 2.24) is 29.5 Å². The summed E-state index contributed by atoms with van der Waals surface area (Å²) in [7, 11) is 1.77. The van der Waals surface area contributed by atoms with Crippen LogP contribution in [0.15, 0.2) is 37.3 Å². The minimum Gasteiger partial charge on any atom is -0.340 e. The highest BCUT2D eigenvalue weighted by molar-refractivity contribution is 6.04. The summed E-state index contributed by atoms with van der Waals surface area (Å²) in [4.78, 5) is 38.4. The van der Waals surface area contributed by atoms with E-state index in [1.54, 1.807) is 47.5 Å². The van der Waals surface area contributed by atoms with E-state index in [0.29, 0.717) is 23.9 Å². The highest BCUT2D eigenvalue weighted by atomic mass is 16.2. The Morgan fingerprint density at radius 1 is 1.14 bits per heavy atom. The number of anilines is 2. The molecule has 1 unspecified atom stereocenters. The highest BCUT2D eigenvalue weighted by Gasteiger charge is 2.38. The zero-order valence-corrected chi connectivity index (χ0v) is 16.3. The number of carbonyl (C=O) groups is 1. The number of carbonyl (C=O) groups excluding carboxylic acids is 1. The lowest BCUT2D eigenvalue weighted by atomic mass is 10.1. The molecule has 4 heterocycles. The number of likely N-dealkylation sites (N-methyl/N-ethyl adjacent to an activating group) is 1. The summed E-state index contributed by atoms with van der Waals surface area (Å²) in [6, 6.07) is -0.126. The van der Waals surface area contributed by atoms with E-state index in [9.17, 15) is 4.79 Å². The van der Waals surface area contributed by atoms with Gasteiger partial charge in [0.15, 0.2) is 5.82 Å². The molecule has 9 nitrogen and oxygen atoms in total. The van der Waals surface area contributed by atoms with E-state index >= 15 is 0 Å². The van der Waals surface area contributed by atoms with E-state index < -0.39 is 0 Å². The van der Waals surface area contributed by atoms with Crippen LogP contribution in [0.1, 0.15) is 27.2 Å². The Labute approximate surface area is 163 Å². The molecule has 1 aliphatic heterocycles. The van der Waals surface area contributed by atoms with Crippen LogP contribution in [0.5, 0.6) is 0 Å². The Kier molecular flexibility index (Phi) is 4.50. The third kappa shape index (κ3) is 2.79. The maximum Gasteiger partial charge on any atom is 0.249 e. The van der Waals surface area contributed by atoms with Crippen LogP contribution in [0.3, 0.4) is 0 Å². The maximum atomic E-state index is 12.8. The topological polar surface area (TPSA) is 92.9 Å². The minimum absolute atomic E-state index is 0.0600. The van der Waals surface area contributed by atoms with Gasteiger partial charge in [0.05, 0.1) is 11.8 Å². The van der Waals surface area contributed by atoms with Crippen LogP contribution in [-0.4, -0.2) is 54.5 Å². The lowest BCUT2D eigenvalue weighted by molar-refractivity contribution is -0.120. The van der Waals surface area contributed by atoms with Crippen molar-refractivity contribution >= 4 is 17.4 Å². The molecule has 0 aliphatic carbocycles. The van der Waals surface area contributed by atoms with E-state index in [1.807, 2.05) is 6.92 Å². The van der Waals surface area contributed by atoms with Crippen LogP contribution in [-0.2, 0) is 4.79 Å². The van der Waals surface area contributed by atoms with Crippen molar-refractivity contribution in [1.29, 1.82) is 0 Å². The second-order valence-corrected chi connectivity index (χ2v) is 6.95. The number of nitrogens with zero attached hydrogens (tertiary/aromatic N) is 8. The fourth-order valence-corrected chi connectivity index (χ4v) is 3.58. The van der Waals surface area contributed by atoms with Gasteiger partial charge in [-0.15, -0.1) is 0 Å². The average Bonchev–Trinajstić information content (AvgIpc) is 3.20. The molecule has 1 amide bonds. The fraction of sp³-hybridized carbons (Fsp3) is 0.368. The van der Waals surface area contributed by atoms with Gasteiger partial charge < -0.3 is 9.80 Å². The van der Waals surface area contributed by atoms with E-state index in [4.69, 9.17) is 4.98 Å². The Balaban J connectivity index is 1.85. The molecule has 0 bridgehead atoms. The molecule has 0 saturated carbocycles. The van der Waals surface area contributed by atoms with Crippen LogP contribution in [0.2, 0.25) is 0 Å². The van der Waals surface area contributed by atoms with Gasteiger partial charge in [-0.25, -0.2) is 19.9 Å². The maximum absolute atomic E-state index is 12.8. The first-order valence-corrected chi connectivity index (χ1v) is 9.25. The summed E-state index contributed by atoms with van der Waals surface area (Å²) >= 11 is 0. The molecular formula is C19H22N8O. The predicted octanol–water partition coefficient (Wildman–Crippen LogP) is 2.09. The van der Waals surface area contributed by atoms with Crippen LogP contribution < -0.4 is 9.80 Å². The summed E-state index contributed by atoms with van der Waals surface area (Å²) in [5.41, 5.74) is 1.48. The fourth-order valence-electron chi connectivity index (χ4n) is 3.58. The second kappa shape index (κ2) is 6.99. The van der Waals surface area contributed by atoms with Crippen LogP contribution >= 0.6 is 0 Å². The zero-order valence-electron chi connectivity index (χ0n) is 16.3. The monoisotopic (exact) mass is 378 g/mol. The normalized spacial score (nSPS) is 16.6. The van der Waals surface area contributed by atoms with E-state index in [-0.39, 0.29) is 18.0 Å². The molecule has 0 saturated heterocycles. The molecule has 3 aromatic rings. The first-order valence-electron chi connectivity index (χ1n) is 9.25. The Morgan fingerprint density at radius 3 is 2.57 bits per heavy atom. The van der Waals surface area contributed by atoms with E-state index in [2.05, 4.69) is 38.7 Å². The first-order chi connectivity index (χ1) is 13.5. The van der Waals surface area contributed by atoms with Gasteiger partial charge in [0, 0.05) is 37.9 Å². The standard InChI is InChI=1S/C19H22N8O/c1-5-14-18(28)25(4)15-10-23-19(24-17(15)27(14)12(2)3)26-7-6-22-16(26)13-8-20-11-21-9-13/h6-12,14H,5H2,1-4H3. The third-order valence-corrected chi connectivity index (χ3v) is 4.91. The number of hydrogen-bond donors (Lipinski definition) is 0. The van der Waals surface area contributed by atoms with Gasteiger partial charge in [0.1, 0.15) is 23.9 Å². The summed E-state index contributed by atoms with van der Waals surface area (Å²) < 4.78 is 1.80. The predicted molar refractivity (Wildman–Crippen MR) is 105 cm³/mol. The molecule has 1 atom stereocenters. The number of aromatic nitrogens is 6. The van der Waals surface area contributed by atoms with E-state index in [1.165, 1.54) is 6.33 Å². The number of rotatable bonds is 4. The molecule has 0 spiro atoms. The largest absolute Gasteiger partial charge is 0.340 e. The molecule has 4 rings (SSSR count). The second-order valence-electron chi connectivity index (χ2n) is 6.95. The zero-order chi connectivity index (χ0) is 19.8. The number of amides is 1.